The molecule has 0 radical (unpaired) electrons. The highest BCUT2D eigenvalue weighted by atomic mass is 32.1. The van der Waals surface area contributed by atoms with Gasteiger partial charge in [0, 0.05) is 28.3 Å². The number of aryl methyl sites for hydroxylation is 1. The molecule has 2 atom stereocenters. The summed E-state index contributed by atoms with van der Waals surface area (Å²) in [5.41, 5.74) is 0.808. The van der Waals surface area contributed by atoms with Crippen molar-refractivity contribution in [1.82, 2.24) is 20.6 Å². The van der Waals surface area contributed by atoms with Gasteiger partial charge in [0.1, 0.15) is 5.69 Å². The second kappa shape index (κ2) is 6.46. The highest BCUT2D eigenvalue weighted by Gasteiger charge is 2.52. The zero-order valence-corrected chi connectivity index (χ0v) is 15.6. The van der Waals surface area contributed by atoms with Crippen molar-refractivity contribution in [1.29, 1.82) is 0 Å². The Balaban J connectivity index is 1.47. The summed E-state index contributed by atoms with van der Waals surface area (Å²) in [4.78, 5) is 33.6. The van der Waals surface area contributed by atoms with Crippen LogP contribution in [0.2, 0.25) is 0 Å². The second-order valence-corrected chi connectivity index (χ2v) is 8.37. The van der Waals surface area contributed by atoms with Crippen LogP contribution in [0.15, 0.2) is 29.8 Å². The van der Waals surface area contributed by atoms with E-state index in [0.29, 0.717) is 10.7 Å². The van der Waals surface area contributed by atoms with Crippen LogP contribution in [0.1, 0.15) is 64.5 Å². The number of pyridine rings is 1. The molecule has 0 aliphatic heterocycles. The van der Waals surface area contributed by atoms with Gasteiger partial charge in [-0.25, -0.2) is 4.98 Å². The Morgan fingerprint density at radius 3 is 2.42 bits per heavy atom. The molecule has 2 aliphatic rings. The van der Waals surface area contributed by atoms with Crippen LogP contribution >= 0.6 is 11.3 Å². The minimum absolute atomic E-state index is 0.100. The molecule has 26 heavy (non-hydrogen) atoms. The molecule has 4 rings (SSSR count). The van der Waals surface area contributed by atoms with E-state index in [0.717, 1.165) is 44.2 Å². The van der Waals surface area contributed by atoms with Crippen molar-refractivity contribution < 1.29 is 9.59 Å². The van der Waals surface area contributed by atoms with Crippen LogP contribution in [0.5, 0.6) is 0 Å². The molecular weight excluding hydrogens is 348 g/mol. The van der Waals surface area contributed by atoms with Crippen molar-refractivity contribution in [2.24, 2.45) is 0 Å². The van der Waals surface area contributed by atoms with E-state index in [-0.39, 0.29) is 22.9 Å². The van der Waals surface area contributed by atoms with Crippen LogP contribution in [0.25, 0.3) is 0 Å². The van der Waals surface area contributed by atoms with Crippen LogP contribution in [-0.2, 0) is 0 Å². The van der Waals surface area contributed by atoms with Crippen molar-refractivity contribution >= 4 is 23.2 Å². The number of carbonyl (C=O) groups excluding carboxylic acids is 2. The van der Waals surface area contributed by atoms with E-state index in [1.165, 1.54) is 11.3 Å². The van der Waals surface area contributed by atoms with Crippen LogP contribution in [0.3, 0.4) is 0 Å². The summed E-state index contributed by atoms with van der Waals surface area (Å²) in [6.45, 7) is 1.89. The number of nitrogens with zero attached hydrogens (tertiary/aromatic N) is 2. The Kier molecular flexibility index (Phi) is 4.26. The highest BCUT2D eigenvalue weighted by molar-refractivity contribution is 7.11. The number of hydrogen-bond acceptors (Lipinski definition) is 5. The maximum atomic E-state index is 12.6. The van der Waals surface area contributed by atoms with Crippen LogP contribution in [0.4, 0.5) is 0 Å². The third-order valence-corrected chi connectivity index (χ3v) is 6.50. The Hall–Kier alpha value is -2.28. The van der Waals surface area contributed by atoms with E-state index in [1.54, 1.807) is 18.3 Å². The average molecular weight is 370 g/mol. The summed E-state index contributed by atoms with van der Waals surface area (Å²) < 4.78 is 0. The van der Waals surface area contributed by atoms with Crippen molar-refractivity contribution in [2.75, 3.05) is 0 Å². The highest BCUT2D eigenvalue weighted by Crippen LogP contribution is 2.48. The van der Waals surface area contributed by atoms with Gasteiger partial charge in [0.25, 0.3) is 11.8 Å². The first-order valence-corrected chi connectivity index (χ1v) is 9.86. The normalized spacial score (nSPS) is 27.1. The molecule has 7 heteroatoms. The maximum absolute atomic E-state index is 12.6. The van der Waals surface area contributed by atoms with Gasteiger partial charge in [-0.05, 0) is 57.6 Å². The van der Waals surface area contributed by atoms with E-state index < -0.39 is 0 Å². The van der Waals surface area contributed by atoms with Crippen LogP contribution in [-0.4, -0.2) is 32.9 Å². The Morgan fingerprint density at radius 1 is 1.08 bits per heavy atom. The fourth-order valence-corrected chi connectivity index (χ4v) is 5.08. The largest absolute Gasteiger partial charge is 0.345 e. The average Bonchev–Trinajstić information content (AvgIpc) is 3.17. The smallest absolute Gasteiger partial charge is 0.280 e. The summed E-state index contributed by atoms with van der Waals surface area (Å²) in [6, 6.07) is 5.34. The van der Waals surface area contributed by atoms with Gasteiger partial charge in [-0.2, -0.15) is 0 Å². The molecular formula is C19H22N4O2S. The number of thiazole rings is 1. The molecule has 2 saturated carbocycles. The summed E-state index contributed by atoms with van der Waals surface area (Å²) >= 11 is 1.37. The Bertz CT molecular complexity index is 837. The molecule has 2 bridgehead atoms. The lowest BCUT2D eigenvalue weighted by atomic mass is 9.78. The van der Waals surface area contributed by atoms with Gasteiger partial charge in [-0.15, -0.1) is 11.3 Å². The lowest BCUT2D eigenvalue weighted by molar-refractivity contribution is 0.0829. The van der Waals surface area contributed by atoms with Crippen molar-refractivity contribution in [2.45, 2.75) is 56.5 Å². The van der Waals surface area contributed by atoms with Gasteiger partial charge < -0.3 is 10.6 Å². The predicted octanol–water partition coefficient (Wildman–Crippen LogP) is 2.85. The first kappa shape index (κ1) is 17.1. The summed E-state index contributed by atoms with van der Waals surface area (Å²) in [5.74, 6) is -0.234. The molecule has 6 nitrogen and oxygen atoms in total. The molecule has 2 unspecified atom stereocenters. The summed E-state index contributed by atoms with van der Waals surface area (Å²) in [7, 11) is 0. The van der Waals surface area contributed by atoms with Crippen molar-refractivity contribution in [3.05, 3.63) is 46.2 Å². The zero-order valence-electron chi connectivity index (χ0n) is 14.7. The van der Waals surface area contributed by atoms with Crippen LogP contribution in [0, 0.1) is 6.92 Å². The summed E-state index contributed by atoms with van der Waals surface area (Å²) in [6.07, 6.45) is 7.04. The number of carbonyl (C=O) groups is 2. The van der Waals surface area contributed by atoms with Gasteiger partial charge in [0.2, 0.25) is 0 Å². The first-order valence-electron chi connectivity index (χ1n) is 8.98. The number of amides is 2. The number of aromatic nitrogens is 2. The number of hydrogen-bond donors (Lipinski definition) is 2. The third-order valence-electron chi connectivity index (χ3n) is 5.54. The Morgan fingerprint density at radius 2 is 1.81 bits per heavy atom. The van der Waals surface area contributed by atoms with E-state index >= 15 is 0 Å². The van der Waals surface area contributed by atoms with Gasteiger partial charge in [0.15, 0.2) is 5.01 Å². The standard InChI is InChI=1S/C19H22N4O2S/c1-13-11-26-17(21-13)16(25)23-19-7-4-6-18(12-19,8-9-19)22-15(24)14-5-2-3-10-20-14/h2-3,5,10-11H,4,6-9,12H2,1H3,(H,22,24)(H,23,25). The second-order valence-electron chi connectivity index (χ2n) is 7.51. The number of nitrogens with one attached hydrogen (secondary N) is 2. The maximum Gasteiger partial charge on any atom is 0.280 e. The Labute approximate surface area is 156 Å². The lowest BCUT2D eigenvalue weighted by Gasteiger charge is -2.40. The molecule has 2 aliphatic carbocycles. The van der Waals surface area contributed by atoms with E-state index in [1.807, 2.05) is 18.4 Å². The molecule has 2 N–H and O–H groups in total. The molecule has 136 valence electrons. The van der Waals surface area contributed by atoms with Crippen LogP contribution < -0.4 is 10.6 Å². The van der Waals surface area contributed by atoms with E-state index in [4.69, 9.17) is 0 Å². The first-order chi connectivity index (χ1) is 12.5. The zero-order chi connectivity index (χ0) is 18.2. The van der Waals surface area contributed by atoms with Gasteiger partial charge in [-0.3, -0.25) is 14.6 Å². The van der Waals surface area contributed by atoms with Gasteiger partial charge in [-0.1, -0.05) is 6.07 Å². The predicted molar refractivity (Wildman–Crippen MR) is 99.2 cm³/mol. The molecule has 2 heterocycles. The molecule has 2 fully saturated rings. The molecule has 0 aromatic carbocycles. The minimum Gasteiger partial charge on any atom is -0.345 e. The number of fused-ring (bicyclic) bond motifs is 2. The quantitative estimate of drug-likeness (QED) is 0.867. The van der Waals surface area contributed by atoms with Crippen molar-refractivity contribution in [3.8, 4) is 0 Å². The third kappa shape index (κ3) is 3.23. The minimum atomic E-state index is -0.251. The molecule has 0 spiro atoms. The molecule has 2 aromatic rings. The lowest BCUT2D eigenvalue weighted by Crippen LogP contribution is -2.55. The fourth-order valence-electron chi connectivity index (χ4n) is 4.39. The summed E-state index contributed by atoms with van der Waals surface area (Å²) in [5, 5.41) is 8.85. The topological polar surface area (TPSA) is 84.0 Å². The van der Waals surface area contributed by atoms with Gasteiger partial charge in [0.05, 0.1) is 0 Å². The monoisotopic (exact) mass is 370 g/mol. The van der Waals surface area contributed by atoms with Crippen molar-refractivity contribution in [3.63, 3.8) is 0 Å². The van der Waals surface area contributed by atoms with E-state index in [9.17, 15) is 9.59 Å². The van der Waals surface area contributed by atoms with E-state index in [2.05, 4.69) is 20.6 Å². The fraction of sp³-hybridized carbons (Fsp3) is 0.474. The SMILES string of the molecule is Cc1csc(C(=O)NC23CCCC(NC(=O)c4ccccn4)(CC2)C3)n1. The molecule has 0 saturated heterocycles. The number of rotatable bonds is 4. The molecule has 2 aromatic heterocycles. The van der Waals surface area contributed by atoms with Gasteiger partial charge >= 0.3 is 0 Å². The molecule has 2 amide bonds.